The number of carbonyl (C=O) groups excluding carboxylic acids is 2. The van der Waals surface area contributed by atoms with Gasteiger partial charge in [0.05, 0.1) is 12.3 Å². The van der Waals surface area contributed by atoms with Gasteiger partial charge in [0, 0.05) is 38.2 Å². The Morgan fingerprint density at radius 3 is 2.57 bits per heavy atom. The van der Waals surface area contributed by atoms with Crippen molar-refractivity contribution in [1.82, 2.24) is 15.1 Å². The minimum Gasteiger partial charge on any atom is -0.461 e. The van der Waals surface area contributed by atoms with E-state index in [1.54, 1.807) is 48.1 Å². The summed E-state index contributed by atoms with van der Waals surface area (Å²) in [5, 5.41) is 9.87. The molecular formula is C22H25N5O3. The van der Waals surface area contributed by atoms with E-state index in [1.165, 1.54) is 0 Å². The fraction of sp³-hybridized carbons (Fsp3) is 0.227. The van der Waals surface area contributed by atoms with Crippen LogP contribution in [-0.2, 0) is 11.3 Å². The Balaban J connectivity index is 1.56. The van der Waals surface area contributed by atoms with Crippen molar-refractivity contribution in [1.29, 1.82) is 0 Å². The lowest BCUT2D eigenvalue weighted by atomic mass is 10.2. The van der Waals surface area contributed by atoms with Gasteiger partial charge in [-0.15, -0.1) is 0 Å². The molecule has 2 N–H and O–H groups in total. The zero-order chi connectivity index (χ0) is 21.5. The van der Waals surface area contributed by atoms with Gasteiger partial charge in [0.15, 0.2) is 5.69 Å². The molecule has 0 aliphatic carbocycles. The summed E-state index contributed by atoms with van der Waals surface area (Å²) in [6.45, 7) is 2.47. The van der Waals surface area contributed by atoms with Crippen molar-refractivity contribution in [3.8, 4) is 5.69 Å². The molecule has 0 bridgehead atoms. The van der Waals surface area contributed by atoms with Gasteiger partial charge in [0.1, 0.15) is 0 Å². The second-order valence-corrected chi connectivity index (χ2v) is 6.78. The Morgan fingerprint density at radius 2 is 1.87 bits per heavy atom. The van der Waals surface area contributed by atoms with Gasteiger partial charge in [0.2, 0.25) is 0 Å². The van der Waals surface area contributed by atoms with Gasteiger partial charge < -0.3 is 20.3 Å². The van der Waals surface area contributed by atoms with Gasteiger partial charge in [-0.2, -0.15) is 5.10 Å². The van der Waals surface area contributed by atoms with Crippen molar-refractivity contribution in [2.24, 2.45) is 0 Å². The highest BCUT2D eigenvalue weighted by atomic mass is 16.5. The summed E-state index contributed by atoms with van der Waals surface area (Å²) in [7, 11) is 3.95. The van der Waals surface area contributed by atoms with Crippen LogP contribution < -0.4 is 15.5 Å². The molecule has 1 heterocycles. The molecule has 2 aromatic carbocycles. The van der Waals surface area contributed by atoms with Gasteiger partial charge in [-0.05, 0) is 55.0 Å². The van der Waals surface area contributed by atoms with Crippen LogP contribution in [0.1, 0.15) is 23.0 Å². The van der Waals surface area contributed by atoms with Crippen molar-refractivity contribution in [2.45, 2.75) is 13.5 Å². The molecule has 3 aromatic rings. The first-order valence-corrected chi connectivity index (χ1v) is 9.60. The number of hydrogen-bond donors (Lipinski definition) is 2. The summed E-state index contributed by atoms with van der Waals surface area (Å²) >= 11 is 0. The Kier molecular flexibility index (Phi) is 6.69. The van der Waals surface area contributed by atoms with Crippen LogP contribution in [0.5, 0.6) is 0 Å². The van der Waals surface area contributed by atoms with Gasteiger partial charge in [-0.3, -0.25) is 0 Å². The van der Waals surface area contributed by atoms with Gasteiger partial charge in [-0.1, -0.05) is 12.1 Å². The van der Waals surface area contributed by atoms with Crippen LogP contribution >= 0.6 is 0 Å². The lowest BCUT2D eigenvalue weighted by molar-refractivity contribution is 0.0519. The maximum absolute atomic E-state index is 12.2. The molecular weight excluding hydrogens is 382 g/mol. The number of benzene rings is 2. The number of aromatic nitrogens is 2. The third-order valence-electron chi connectivity index (χ3n) is 4.34. The third kappa shape index (κ3) is 5.38. The van der Waals surface area contributed by atoms with Crippen LogP contribution in [0.25, 0.3) is 5.69 Å². The average molecular weight is 407 g/mol. The molecule has 8 heteroatoms. The smallest absolute Gasteiger partial charge is 0.358 e. The maximum atomic E-state index is 12.2. The monoisotopic (exact) mass is 407 g/mol. The number of amides is 2. The number of nitrogens with zero attached hydrogens (tertiary/aromatic N) is 3. The zero-order valence-electron chi connectivity index (χ0n) is 17.3. The standard InChI is InChI=1S/C22H25N5O3/c1-4-30-21(28)20-12-13-27(25-20)18-10-8-17(9-11-18)24-22(29)23-15-16-6-5-7-19(14-16)26(2)3/h5-14H,4,15H2,1-3H3,(H2,23,24,29). The molecule has 8 nitrogen and oxygen atoms in total. The molecule has 2 amide bonds. The number of carbonyl (C=O) groups is 2. The van der Waals surface area contributed by atoms with Gasteiger partial charge in [-0.25, -0.2) is 14.3 Å². The summed E-state index contributed by atoms with van der Waals surface area (Å²) in [5.74, 6) is -0.456. The van der Waals surface area contributed by atoms with Crippen molar-refractivity contribution in [3.05, 3.63) is 72.1 Å². The number of esters is 1. The summed E-state index contributed by atoms with van der Waals surface area (Å²) in [5.41, 5.74) is 3.75. The number of hydrogen-bond acceptors (Lipinski definition) is 5. The normalized spacial score (nSPS) is 10.4. The molecule has 0 saturated carbocycles. The SMILES string of the molecule is CCOC(=O)c1ccn(-c2ccc(NC(=O)NCc3cccc(N(C)C)c3)cc2)n1. The van der Waals surface area contributed by atoms with Crippen molar-refractivity contribution in [2.75, 3.05) is 30.9 Å². The molecule has 0 saturated heterocycles. The van der Waals surface area contributed by atoms with Gasteiger partial charge in [0.25, 0.3) is 0 Å². The summed E-state index contributed by atoms with van der Waals surface area (Å²) < 4.78 is 6.52. The lowest BCUT2D eigenvalue weighted by Crippen LogP contribution is -2.28. The van der Waals surface area contributed by atoms with Crippen molar-refractivity contribution in [3.63, 3.8) is 0 Å². The molecule has 156 valence electrons. The largest absolute Gasteiger partial charge is 0.461 e. The maximum Gasteiger partial charge on any atom is 0.358 e. The molecule has 0 spiro atoms. The highest BCUT2D eigenvalue weighted by Crippen LogP contribution is 2.15. The first kappa shape index (κ1) is 20.9. The van der Waals surface area contributed by atoms with E-state index in [4.69, 9.17) is 4.74 Å². The number of urea groups is 1. The molecule has 0 radical (unpaired) electrons. The van der Waals surface area contributed by atoms with Crippen molar-refractivity contribution >= 4 is 23.4 Å². The second-order valence-electron chi connectivity index (χ2n) is 6.78. The Bertz CT molecular complexity index is 1010. The van der Waals surface area contributed by atoms with Crippen LogP contribution in [0.2, 0.25) is 0 Å². The first-order chi connectivity index (χ1) is 14.5. The number of anilines is 2. The highest BCUT2D eigenvalue weighted by Gasteiger charge is 2.11. The Morgan fingerprint density at radius 1 is 1.10 bits per heavy atom. The summed E-state index contributed by atoms with van der Waals surface area (Å²) in [4.78, 5) is 25.9. The Hall–Kier alpha value is -3.81. The lowest BCUT2D eigenvalue weighted by Gasteiger charge is -2.14. The zero-order valence-corrected chi connectivity index (χ0v) is 17.3. The predicted molar refractivity (Wildman–Crippen MR) is 116 cm³/mol. The van der Waals surface area contributed by atoms with E-state index < -0.39 is 5.97 Å². The van der Waals surface area contributed by atoms with E-state index in [2.05, 4.69) is 15.7 Å². The molecule has 0 aliphatic heterocycles. The molecule has 30 heavy (non-hydrogen) atoms. The van der Waals surface area contributed by atoms with Crippen LogP contribution in [0.4, 0.5) is 16.2 Å². The summed E-state index contributed by atoms with van der Waals surface area (Å²) in [6.07, 6.45) is 1.68. The van der Waals surface area contributed by atoms with Crippen LogP contribution in [-0.4, -0.2) is 42.5 Å². The van der Waals surface area contributed by atoms with E-state index in [9.17, 15) is 9.59 Å². The van der Waals surface area contributed by atoms with E-state index in [0.717, 1.165) is 16.9 Å². The average Bonchev–Trinajstić information content (AvgIpc) is 3.24. The Labute approximate surface area is 175 Å². The van der Waals surface area contributed by atoms with E-state index in [1.807, 2.05) is 43.3 Å². The van der Waals surface area contributed by atoms with Crippen LogP contribution in [0.15, 0.2) is 60.8 Å². The fourth-order valence-electron chi connectivity index (χ4n) is 2.78. The molecule has 0 aliphatic rings. The molecule has 0 fully saturated rings. The van der Waals surface area contributed by atoms with Crippen molar-refractivity contribution < 1.29 is 14.3 Å². The van der Waals surface area contributed by atoms with E-state index in [0.29, 0.717) is 18.8 Å². The summed E-state index contributed by atoms with van der Waals surface area (Å²) in [6, 6.07) is 16.4. The highest BCUT2D eigenvalue weighted by molar-refractivity contribution is 5.89. The second kappa shape index (κ2) is 9.60. The number of ether oxygens (including phenoxy) is 1. The molecule has 0 atom stereocenters. The van der Waals surface area contributed by atoms with Crippen LogP contribution in [0, 0.1) is 0 Å². The number of nitrogens with one attached hydrogen (secondary N) is 2. The topological polar surface area (TPSA) is 88.5 Å². The fourth-order valence-corrected chi connectivity index (χ4v) is 2.78. The molecule has 3 rings (SSSR count). The minimum atomic E-state index is -0.456. The van der Waals surface area contributed by atoms with E-state index >= 15 is 0 Å². The first-order valence-electron chi connectivity index (χ1n) is 9.60. The third-order valence-corrected chi connectivity index (χ3v) is 4.34. The predicted octanol–water partition coefficient (Wildman–Crippen LogP) is 3.44. The van der Waals surface area contributed by atoms with E-state index in [-0.39, 0.29) is 11.7 Å². The van der Waals surface area contributed by atoms with Crippen LogP contribution in [0.3, 0.4) is 0 Å². The minimum absolute atomic E-state index is 0.247. The van der Waals surface area contributed by atoms with Gasteiger partial charge >= 0.3 is 12.0 Å². The number of rotatable bonds is 7. The quantitative estimate of drug-likeness (QED) is 0.586. The molecule has 1 aromatic heterocycles. The molecule has 0 unspecified atom stereocenters.